The van der Waals surface area contributed by atoms with Crippen LogP contribution in [0.25, 0.3) is 0 Å². The molecule has 2 atom stereocenters. The van der Waals surface area contributed by atoms with Crippen molar-refractivity contribution in [2.45, 2.75) is 39.9 Å². The van der Waals surface area contributed by atoms with E-state index in [0.29, 0.717) is 13.2 Å². The summed E-state index contributed by atoms with van der Waals surface area (Å²) in [6.07, 6.45) is -0.927. The molecular weight excluding hydrogens is 184 g/mol. The molecule has 1 N–H and O–H groups in total. The van der Waals surface area contributed by atoms with Crippen molar-refractivity contribution < 1.29 is 19.4 Å². The van der Waals surface area contributed by atoms with Crippen molar-refractivity contribution in [3.8, 4) is 0 Å². The summed E-state index contributed by atoms with van der Waals surface area (Å²) in [5.41, 5.74) is 0. The number of rotatable bonds is 7. The second kappa shape index (κ2) is 6.79. The van der Waals surface area contributed by atoms with Gasteiger partial charge in [-0.2, -0.15) is 0 Å². The van der Waals surface area contributed by atoms with Crippen LogP contribution in [-0.4, -0.2) is 36.5 Å². The Morgan fingerprint density at radius 3 is 2.29 bits per heavy atom. The van der Waals surface area contributed by atoms with Crippen LogP contribution in [0.5, 0.6) is 0 Å². The first-order valence-corrected chi connectivity index (χ1v) is 4.95. The van der Waals surface area contributed by atoms with Gasteiger partial charge in [0.1, 0.15) is 0 Å². The highest BCUT2D eigenvalue weighted by atomic mass is 16.6. The van der Waals surface area contributed by atoms with Gasteiger partial charge >= 0.3 is 5.97 Å². The molecule has 0 aromatic carbocycles. The van der Waals surface area contributed by atoms with Gasteiger partial charge < -0.3 is 14.6 Å². The van der Waals surface area contributed by atoms with Crippen LogP contribution < -0.4 is 0 Å². The van der Waals surface area contributed by atoms with Gasteiger partial charge in [0.2, 0.25) is 0 Å². The molecule has 0 fully saturated rings. The van der Waals surface area contributed by atoms with Gasteiger partial charge in [-0.05, 0) is 19.8 Å². The normalized spacial score (nSPS) is 15.5. The van der Waals surface area contributed by atoms with Gasteiger partial charge in [-0.1, -0.05) is 13.8 Å². The molecule has 0 aromatic rings. The minimum Gasteiger partial charge on any atom is -0.479 e. The number of ether oxygens (including phenoxy) is 2. The molecule has 0 saturated heterocycles. The molecule has 0 aromatic heterocycles. The zero-order valence-electron chi connectivity index (χ0n) is 9.32. The van der Waals surface area contributed by atoms with E-state index < -0.39 is 12.1 Å². The van der Waals surface area contributed by atoms with Gasteiger partial charge in [0, 0.05) is 6.61 Å². The van der Waals surface area contributed by atoms with Gasteiger partial charge in [-0.25, -0.2) is 4.79 Å². The maximum atomic E-state index is 10.8. The minimum absolute atomic E-state index is 0.0309. The van der Waals surface area contributed by atoms with Crippen LogP contribution in [0.4, 0.5) is 0 Å². The quantitative estimate of drug-likeness (QED) is 0.683. The maximum Gasteiger partial charge on any atom is 0.333 e. The molecule has 0 aliphatic rings. The summed E-state index contributed by atoms with van der Waals surface area (Å²) in [5.74, 6) is -0.945. The Balaban J connectivity index is 3.96. The molecule has 0 heterocycles. The SMILES string of the molecule is CCOCC(C)OC(C(=O)O)C(C)C. The van der Waals surface area contributed by atoms with Crippen molar-refractivity contribution in [1.29, 1.82) is 0 Å². The van der Waals surface area contributed by atoms with Crippen molar-refractivity contribution in [3.05, 3.63) is 0 Å². The van der Waals surface area contributed by atoms with Gasteiger partial charge in [0.25, 0.3) is 0 Å². The van der Waals surface area contributed by atoms with Crippen molar-refractivity contribution in [2.24, 2.45) is 5.92 Å². The second-order valence-corrected chi connectivity index (χ2v) is 3.61. The van der Waals surface area contributed by atoms with E-state index in [1.165, 1.54) is 0 Å². The van der Waals surface area contributed by atoms with E-state index in [1.54, 1.807) is 0 Å². The molecule has 0 radical (unpaired) electrons. The number of carbonyl (C=O) groups is 1. The number of hydrogen-bond acceptors (Lipinski definition) is 3. The van der Waals surface area contributed by atoms with Gasteiger partial charge in [0.05, 0.1) is 12.7 Å². The van der Waals surface area contributed by atoms with Crippen LogP contribution in [-0.2, 0) is 14.3 Å². The summed E-state index contributed by atoms with van der Waals surface area (Å²) in [7, 11) is 0. The lowest BCUT2D eigenvalue weighted by Crippen LogP contribution is -2.34. The highest BCUT2D eigenvalue weighted by Crippen LogP contribution is 2.09. The van der Waals surface area contributed by atoms with E-state index in [4.69, 9.17) is 14.6 Å². The third-order valence-electron chi connectivity index (χ3n) is 1.78. The highest BCUT2D eigenvalue weighted by molar-refractivity contribution is 5.72. The van der Waals surface area contributed by atoms with Crippen LogP contribution in [0, 0.1) is 5.92 Å². The number of aliphatic carboxylic acids is 1. The summed E-state index contributed by atoms with van der Waals surface area (Å²) in [6.45, 7) is 8.41. The molecule has 0 aliphatic heterocycles. The van der Waals surface area contributed by atoms with E-state index in [0.717, 1.165) is 0 Å². The summed E-state index contributed by atoms with van der Waals surface area (Å²) in [6, 6.07) is 0. The largest absolute Gasteiger partial charge is 0.479 e. The maximum absolute atomic E-state index is 10.8. The first-order chi connectivity index (χ1) is 6.49. The van der Waals surface area contributed by atoms with Gasteiger partial charge in [0.15, 0.2) is 6.10 Å². The molecule has 0 saturated carbocycles. The molecule has 14 heavy (non-hydrogen) atoms. The van der Waals surface area contributed by atoms with E-state index in [9.17, 15) is 4.79 Å². The fourth-order valence-corrected chi connectivity index (χ4v) is 1.07. The molecule has 4 nitrogen and oxygen atoms in total. The third kappa shape index (κ3) is 5.19. The summed E-state index contributed by atoms with van der Waals surface area (Å²) < 4.78 is 10.5. The zero-order chi connectivity index (χ0) is 11.1. The van der Waals surface area contributed by atoms with Crippen LogP contribution in [0.1, 0.15) is 27.7 Å². The zero-order valence-corrected chi connectivity index (χ0v) is 9.32. The minimum atomic E-state index is -0.914. The number of hydrogen-bond donors (Lipinski definition) is 1. The lowest BCUT2D eigenvalue weighted by atomic mass is 10.1. The van der Waals surface area contributed by atoms with Crippen LogP contribution in [0.3, 0.4) is 0 Å². The number of carboxylic acids is 1. The molecule has 4 heteroatoms. The topological polar surface area (TPSA) is 55.8 Å². The molecule has 0 rings (SSSR count). The van der Waals surface area contributed by atoms with E-state index in [-0.39, 0.29) is 12.0 Å². The standard InChI is InChI=1S/C10H20O4/c1-5-13-6-8(4)14-9(7(2)3)10(11)12/h7-9H,5-6H2,1-4H3,(H,11,12). The Hall–Kier alpha value is -0.610. The average molecular weight is 204 g/mol. The Kier molecular flexibility index (Phi) is 6.49. The average Bonchev–Trinajstić information content (AvgIpc) is 2.09. The fourth-order valence-electron chi connectivity index (χ4n) is 1.07. The molecule has 0 bridgehead atoms. The number of carboxylic acid groups (broad SMARTS) is 1. The van der Waals surface area contributed by atoms with E-state index >= 15 is 0 Å². The van der Waals surface area contributed by atoms with Crippen molar-refractivity contribution in [3.63, 3.8) is 0 Å². The van der Waals surface area contributed by atoms with Crippen LogP contribution in [0.2, 0.25) is 0 Å². The van der Waals surface area contributed by atoms with E-state index in [1.807, 2.05) is 27.7 Å². The summed E-state index contributed by atoms with van der Waals surface area (Å²) in [4.78, 5) is 10.8. The monoisotopic (exact) mass is 204 g/mol. The lowest BCUT2D eigenvalue weighted by Gasteiger charge is -2.21. The Morgan fingerprint density at radius 2 is 1.93 bits per heavy atom. The second-order valence-electron chi connectivity index (χ2n) is 3.61. The smallest absolute Gasteiger partial charge is 0.333 e. The molecule has 0 aliphatic carbocycles. The fraction of sp³-hybridized carbons (Fsp3) is 0.900. The molecule has 0 spiro atoms. The molecule has 0 amide bonds. The Bertz CT molecular complexity index is 168. The van der Waals surface area contributed by atoms with Crippen molar-refractivity contribution in [1.82, 2.24) is 0 Å². The van der Waals surface area contributed by atoms with Crippen molar-refractivity contribution >= 4 is 5.97 Å². The lowest BCUT2D eigenvalue weighted by molar-refractivity contribution is -0.159. The highest BCUT2D eigenvalue weighted by Gasteiger charge is 2.24. The molecule has 84 valence electrons. The van der Waals surface area contributed by atoms with Crippen molar-refractivity contribution in [2.75, 3.05) is 13.2 Å². The van der Waals surface area contributed by atoms with Crippen LogP contribution in [0.15, 0.2) is 0 Å². The predicted octanol–water partition coefficient (Wildman–Crippen LogP) is 1.54. The summed E-state index contributed by atoms with van der Waals surface area (Å²) in [5, 5.41) is 8.85. The van der Waals surface area contributed by atoms with Gasteiger partial charge in [-0.3, -0.25) is 0 Å². The Morgan fingerprint density at radius 1 is 1.36 bits per heavy atom. The first kappa shape index (κ1) is 13.4. The Labute approximate surface area is 85.2 Å². The molecular formula is C10H20O4. The van der Waals surface area contributed by atoms with Gasteiger partial charge in [-0.15, -0.1) is 0 Å². The van der Waals surface area contributed by atoms with Crippen LogP contribution >= 0.6 is 0 Å². The predicted molar refractivity (Wildman–Crippen MR) is 53.3 cm³/mol. The molecule has 2 unspecified atom stereocenters. The van der Waals surface area contributed by atoms with E-state index in [2.05, 4.69) is 0 Å². The first-order valence-electron chi connectivity index (χ1n) is 4.95. The summed E-state index contributed by atoms with van der Waals surface area (Å²) >= 11 is 0. The third-order valence-corrected chi connectivity index (χ3v) is 1.78.